The molecule has 5 nitrogen and oxygen atoms in total. The second kappa shape index (κ2) is 8.18. The molecule has 0 unspecified atom stereocenters. The van der Waals surface area contributed by atoms with Crippen molar-refractivity contribution in [2.45, 2.75) is 24.8 Å². The number of ether oxygens (including phenoxy) is 1. The van der Waals surface area contributed by atoms with Crippen molar-refractivity contribution in [1.29, 1.82) is 0 Å². The average molecular weight is 390 g/mol. The van der Waals surface area contributed by atoms with Crippen LogP contribution in [0.2, 0.25) is 0 Å². The third-order valence-corrected chi connectivity index (χ3v) is 4.89. The van der Waals surface area contributed by atoms with E-state index in [1.807, 2.05) is 0 Å². The number of carbonyl (C=O) groups excluding carboxylic acids is 1. The predicted octanol–water partition coefficient (Wildman–Crippen LogP) is 2.88. The van der Waals surface area contributed by atoms with Crippen molar-refractivity contribution in [3.8, 4) is 0 Å². The molecule has 9 heteroatoms. The van der Waals surface area contributed by atoms with Crippen molar-refractivity contribution in [3.63, 3.8) is 0 Å². The Labute approximate surface area is 154 Å². The smallest absolute Gasteiger partial charge is 0.246 e. The van der Waals surface area contributed by atoms with Crippen molar-refractivity contribution in [3.05, 3.63) is 46.5 Å². The Bertz CT molecular complexity index is 751. The molecule has 0 spiro atoms. The highest BCUT2D eigenvalue weighted by Crippen LogP contribution is 2.25. The van der Waals surface area contributed by atoms with Crippen molar-refractivity contribution < 1.29 is 18.3 Å². The van der Waals surface area contributed by atoms with Crippen molar-refractivity contribution >= 4 is 34.8 Å². The normalized spacial score (nSPS) is 16.1. The fraction of sp³-hybridized carbons (Fsp3) is 0.375. The summed E-state index contributed by atoms with van der Waals surface area (Å²) < 4.78 is 31.4. The van der Waals surface area contributed by atoms with Crippen LogP contribution in [0.3, 0.4) is 0 Å². The van der Waals surface area contributed by atoms with Crippen LogP contribution in [0.25, 0.3) is 0 Å². The van der Waals surface area contributed by atoms with Gasteiger partial charge in [0.25, 0.3) is 0 Å². The zero-order valence-electron chi connectivity index (χ0n) is 13.3. The molecule has 2 aromatic rings. The lowest BCUT2D eigenvalue weighted by Crippen LogP contribution is -2.54. The number of nitrogens with one attached hydrogen (secondary N) is 1. The first-order valence-corrected chi connectivity index (χ1v) is 8.35. The number of hydrogen-bond acceptors (Lipinski definition) is 5. The lowest BCUT2D eigenvalue weighted by molar-refractivity contribution is -0.124. The molecule has 0 bridgehead atoms. The molecular formula is C16H18ClF2N3O2S. The summed E-state index contributed by atoms with van der Waals surface area (Å²) in [7, 11) is 0. The number of halogens is 3. The second-order valence-corrected chi connectivity index (χ2v) is 6.89. The molecule has 0 atom stereocenters. The Kier molecular flexibility index (Phi) is 6.45. The largest absolute Gasteiger partial charge is 0.381 e. The average Bonchev–Trinajstić information content (AvgIpc) is 2.99. The number of nitrogens with two attached hydrogens (primary N) is 1. The summed E-state index contributed by atoms with van der Waals surface area (Å²) in [6.07, 6.45) is 2.94. The molecule has 1 aromatic carbocycles. The van der Waals surface area contributed by atoms with E-state index in [9.17, 15) is 13.6 Å². The molecule has 136 valence electrons. The molecule has 0 saturated carbocycles. The summed E-state index contributed by atoms with van der Waals surface area (Å²) in [5, 5.41) is 3.17. The zero-order valence-corrected chi connectivity index (χ0v) is 14.9. The molecule has 2 heterocycles. The molecule has 3 rings (SSSR count). The number of rotatable bonds is 4. The highest BCUT2D eigenvalue weighted by atomic mass is 35.5. The van der Waals surface area contributed by atoms with Crippen LogP contribution in [0.5, 0.6) is 0 Å². The Morgan fingerprint density at radius 2 is 2.04 bits per heavy atom. The summed E-state index contributed by atoms with van der Waals surface area (Å²) in [5.74, 6) is -2.03. The van der Waals surface area contributed by atoms with Crippen LogP contribution < -0.4 is 11.1 Å². The maximum Gasteiger partial charge on any atom is 0.246 e. The number of benzene rings is 1. The monoisotopic (exact) mass is 389 g/mol. The predicted molar refractivity (Wildman–Crippen MR) is 94.1 cm³/mol. The molecule has 0 radical (unpaired) electrons. The molecule has 1 amide bonds. The quantitative estimate of drug-likeness (QED) is 0.842. The van der Waals surface area contributed by atoms with E-state index in [0.29, 0.717) is 43.2 Å². The van der Waals surface area contributed by atoms with Crippen molar-refractivity contribution in [2.75, 3.05) is 18.5 Å². The zero-order chi connectivity index (χ0) is 17.2. The van der Waals surface area contributed by atoms with E-state index in [1.54, 1.807) is 6.20 Å². The fourth-order valence-corrected chi connectivity index (χ4v) is 3.32. The van der Waals surface area contributed by atoms with E-state index in [-0.39, 0.29) is 18.3 Å². The minimum atomic E-state index is -0.940. The summed E-state index contributed by atoms with van der Waals surface area (Å²) in [6.45, 7) is 0.923. The van der Waals surface area contributed by atoms with Crippen molar-refractivity contribution in [2.24, 2.45) is 5.73 Å². The highest BCUT2D eigenvalue weighted by Gasteiger charge is 2.36. The summed E-state index contributed by atoms with van der Waals surface area (Å²) in [6, 6.07) is 3.77. The van der Waals surface area contributed by atoms with Crippen LogP contribution in [0.15, 0.2) is 24.4 Å². The summed E-state index contributed by atoms with van der Waals surface area (Å²) in [4.78, 5) is 17.3. The summed E-state index contributed by atoms with van der Waals surface area (Å²) in [5.41, 5.74) is 5.81. The third-order valence-electron chi connectivity index (χ3n) is 3.97. The van der Waals surface area contributed by atoms with Gasteiger partial charge in [-0.25, -0.2) is 13.8 Å². The summed E-state index contributed by atoms with van der Waals surface area (Å²) >= 11 is 1.28. The number of anilines is 1. The van der Waals surface area contributed by atoms with Crippen LogP contribution in [-0.2, 0) is 16.0 Å². The minimum Gasteiger partial charge on any atom is -0.381 e. The maximum atomic E-state index is 13.2. The van der Waals surface area contributed by atoms with E-state index in [2.05, 4.69) is 10.3 Å². The first-order valence-electron chi connectivity index (χ1n) is 7.53. The number of hydrogen-bond donors (Lipinski definition) is 2. The fourth-order valence-electron chi connectivity index (χ4n) is 2.48. The van der Waals surface area contributed by atoms with Gasteiger partial charge in [-0.15, -0.1) is 23.7 Å². The van der Waals surface area contributed by atoms with Crippen LogP contribution in [0.4, 0.5) is 13.9 Å². The molecule has 1 aliphatic rings. The van der Waals surface area contributed by atoms with Gasteiger partial charge in [0.2, 0.25) is 5.91 Å². The van der Waals surface area contributed by atoms with Gasteiger partial charge in [0.1, 0.15) is 5.54 Å². The lowest BCUT2D eigenvalue weighted by atomic mass is 9.90. The van der Waals surface area contributed by atoms with Gasteiger partial charge in [-0.2, -0.15) is 0 Å². The molecule has 1 aromatic heterocycles. The number of carbonyl (C=O) groups is 1. The van der Waals surface area contributed by atoms with Gasteiger partial charge in [0.05, 0.1) is 0 Å². The molecular weight excluding hydrogens is 372 g/mol. The van der Waals surface area contributed by atoms with Gasteiger partial charge in [-0.05, 0) is 30.5 Å². The van der Waals surface area contributed by atoms with E-state index in [1.165, 1.54) is 17.4 Å². The minimum absolute atomic E-state index is 0. The molecule has 1 saturated heterocycles. The molecule has 3 N–H and O–H groups in total. The number of amides is 1. The maximum absolute atomic E-state index is 13.2. The Hall–Kier alpha value is -1.61. The molecule has 25 heavy (non-hydrogen) atoms. The van der Waals surface area contributed by atoms with Gasteiger partial charge in [-0.1, -0.05) is 6.07 Å². The van der Waals surface area contributed by atoms with Crippen LogP contribution in [0.1, 0.15) is 23.3 Å². The van der Waals surface area contributed by atoms with Crippen molar-refractivity contribution in [1.82, 2.24) is 4.98 Å². The van der Waals surface area contributed by atoms with E-state index in [0.717, 1.165) is 17.0 Å². The highest BCUT2D eigenvalue weighted by molar-refractivity contribution is 7.15. The second-order valence-electron chi connectivity index (χ2n) is 5.78. The Morgan fingerprint density at radius 1 is 1.32 bits per heavy atom. The first kappa shape index (κ1) is 19.7. The van der Waals surface area contributed by atoms with E-state index >= 15 is 0 Å². The SMILES string of the molecule is Cl.NC1(C(=O)Nc2ncc(Cc3ccc(F)c(F)c3)s2)CCOCC1. The number of nitrogens with zero attached hydrogens (tertiary/aromatic N) is 1. The molecule has 1 fully saturated rings. The van der Waals surface area contributed by atoms with Gasteiger partial charge < -0.3 is 15.8 Å². The Morgan fingerprint density at radius 3 is 2.72 bits per heavy atom. The lowest BCUT2D eigenvalue weighted by Gasteiger charge is -2.31. The first-order chi connectivity index (χ1) is 11.5. The number of aromatic nitrogens is 1. The third kappa shape index (κ3) is 4.72. The van der Waals surface area contributed by atoms with Crippen LogP contribution in [0, 0.1) is 11.6 Å². The topological polar surface area (TPSA) is 77.2 Å². The number of thiazole rings is 1. The van der Waals surface area contributed by atoms with E-state index in [4.69, 9.17) is 10.5 Å². The van der Waals surface area contributed by atoms with Gasteiger partial charge in [0, 0.05) is 30.7 Å². The van der Waals surface area contributed by atoms with E-state index < -0.39 is 17.2 Å². The standard InChI is InChI=1S/C16H17F2N3O2S.ClH/c17-12-2-1-10(8-13(12)18)7-11-9-20-15(24-11)21-14(22)16(19)3-5-23-6-4-16;/h1-2,8-9H,3-7,19H2,(H,20,21,22);1H. The van der Waals surface area contributed by atoms with Gasteiger partial charge in [0.15, 0.2) is 16.8 Å². The van der Waals surface area contributed by atoms with Gasteiger partial charge >= 0.3 is 0 Å². The van der Waals surface area contributed by atoms with Crippen LogP contribution in [-0.4, -0.2) is 29.6 Å². The molecule has 1 aliphatic heterocycles. The Balaban J connectivity index is 0.00000225. The molecule has 0 aliphatic carbocycles. The van der Waals surface area contributed by atoms with Crippen LogP contribution >= 0.6 is 23.7 Å². The van der Waals surface area contributed by atoms with Gasteiger partial charge in [-0.3, -0.25) is 4.79 Å².